The van der Waals surface area contributed by atoms with Crippen molar-refractivity contribution in [3.63, 3.8) is 0 Å². The van der Waals surface area contributed by atoms with E-state index in [1.807, 2.05) is 6.07 Å². The molecular weight excluding hydrogens is 232 g/mol. The molecule has 1 heterocycles. The quantitative estimate of drug-likeness (QED) is 0.738. The molecule has 1 aliphatic heterocycles. The zero-order valence-corrected chi connectivity index (χ0v) is 10.1. The first-order valence-corrected chi connectivity index (χ1v) is 5.54. The van der Waals surface area contributed by atoms with E-state index in [-0.39, 0.29) is 35.4 Å². The SMILES string of the molecule is COc1cccc(C#N)c1N1C(=O)CC(C)C1=O. The van der Waals surface area contributed by atoms with Gasteiger partial charge in [0.2, 0.25) is 11.8 Å². The largest absolute Gasteiger partial charge is 0.495 e. The number of para-hydroxylation sites is 1. The van der Waals surface area contributed by atoms with Crippen molar-refractivity contribution in [1.29, 1.82) is 5.26 Å². The van der Waals surface area contributed by atoms with E-state index < -0.39 is 0 Å². The minimum Gasteiger partial charge on any atom is -0.495 e. The molecule has 5 heteroatoms. The van der Waals surface area contributed by atoms with Crippen molar-refractivity contribution in [3.8, 4) is 11.8 Å². The monoisotopic (exact) mass is 244 g/mol. The molecule has 0 spiro atoms. The summed E-state index contributed by atoms with van der Waals surface area (Å²) in [6.45, 7) is 1.70. The van der Waals surface area contributed by atoms with Gasteiger partial charge in [-0.2, -0.15) is 5.26 Å². The van der Waals surface area contributed by atoms with Gasteiger partial charge < -0.3 is 4.74 Å². The van der Waals surface area contributed by atoms with E-state index in [4.69, 9.17) is 10.00 Å². The average Bonchev–Trinajstić information content (AvgIpc) is 2.62. The van der Waals surface area contributed by atoms with Crippen molar-refractivity contribution in [3.05, 3.63) is 23.8 Å². The minimum atomic E-state index is -0.353. The maximum Gasteiger partial charge on any atom is 0.237 e. The predicted molar refractivity (Wildman–Crippen MR) is 64.0 cm³/mol. The molecule has 2 rings (SSSR count). The number of nitriles is 1. The van der Waals surface area contributed by atoms with Crippen LogP contribution in [0.3, 0.4) is 0 Å². The van der Waals surface area contributed by atoms with Crippen LogP contribution >= 0.6 is 0 Å². The van der Waals surface area contributed by atoms with E-state index in [0.717, 1.165) is 4.90 Å². The maximum atomic E-state index is 12.0. The number of rotatable bonds is 2. The Morgan fingerprint density at radius 1 is 1.44 bits per heavy atom. The van der Waals surface area contributed by atoms with E-state index in [9.17, 15) is 9.59 Å². The van der Waals surface area contributed by atoms with Crippen LogP contribution in [0.5, 0.6) is 5.75 Å². The Morgan fingerprint density at radius 3 is 2.67 bits per heavy atom. The summed E-state index contributed by atoms with van der Waals surface area (Å²) in [5, 5.41) is 9.08. The summed E-state index contributed by atoms with van der Waals surface area (Å²) in [4.78, 5) is 24.9. The van der Waals surface area contributed by atoms with Crippen molar-refractivity contribution < 1.29 is 14.3 Å². The average molecular weight is 244 g/mol. The standard InChI is InChI=1S/C13H12N2O3/c1-8-6-11(16)15(13(8)17)12-9(7-14)4-3-5-10(12)18-2/h3-5,8H,6H2,1-2H3. The van der Waals surface area contributed by atoms with E-state index in [1.165, 1.54) is 7.11 Å². The summed E-state index contributed by atoms with van der Waals surface area (Å²) < 4.78 is 5.13. The highest BCUT2D eigenvalue weighted by Crippen LogP contribution is 2.36. The number of imide groups is 1. The third-order valence-corrected chi connectivity index (χ3v) is 2.94. The molecule has 1 aromatic carbocycles. The second kappa shape index (κ2) is 4.49. The lowest BCUT2D eigenvalue weighted by molar-refractivity contribution is -0.122. The molecule has 1 aromatic rings. The molecule has 2 amide bonds. The smallest absolute Gasteiger partial charge is 0.237 e. The highest BCUT2D eigenvalue weighted by molar-refractivity contribution is 6.22. The van der Waals surface area contributed by atoms with Crippen LogP contribution in [0, 0.1) is 17.2 Å². The number of hydrogen-bond acceptors (Lipinski definition) is 4. The molecule has 18 heavy (non-hydrogen) atoms. The first kappa shape index (κ1) is 12.1. The lowest BCUT2D eigenvalue weighted by Crippen LogP contribution is -2.31. The first-order chi connectivity index (χ1) is 8.60. The van der Waals surface area contributed by atoms with Gasteiger partial charge in [-0.1, -0.05) is 13.0 Å². The Hall–Kier alpha value is -2.35. The molecule has 1 unspecified atom stereocenters. The van der Waals surface area contributed by atoms with Crippen LogP contribution in [0.1, 0.15) is 18.9 Å². The Bertz CT molecular complexity index is 560. The molecule has 0 N–H and O–H groups in total. The lowest BCUT2D eigenvalue weighted by Gasteiger charge is -2.18. The summed E-state index contributed by atoms with van der Waals surface area (Å²) in [7, 11) is 1.44. The number of amides is 2. The number of nitrogens with zero attached hydrogens (tertiary/aromatic N) is 2. The van der Waals surface area contributed by atoms with Gasteiger partial charge in [0.15, 0.2) is 0 Å². The van der Waals surface area contributed by atoms with Gasteiger partial charge in [-0.3, -0.25) is 9.59 Å². The summed E-state index contributed by atoms with van der Waals surface area (Å²) in [6.07, 6.45) is 0.168. The fourth-order valence-electron chi connectivity index (χ4n) is 2.03. The van der Waals surface area contributed by atoms with Crippen molar-refractivity contribution in [2.75, 3.05) is 12.0 Å². The van der Waals surface area contributed by atoms with Crippen LogP contribution in [0.4, 0.5) is 5.69 Å². The van der Waals surface area contributed by atoms with Crippen LogP contribution in [0.25, 0.3) is 0 Å². The maximum absolute atomic E-state index is 12.0. The van der Waals surface area contributed by atoms with Crippen molar-refractivity contribution in [1.82, 2.24) is 0 Å². The molecule has 92 valence electrons. The summed E-state index contributed by atoms with van der Waals surface area (Å²) >= 11 is 0. The number of carbonyl (C=O) groups is 2. The van der Waals surface area contributed by atoms with Crippen molar-refractivity contribution in [2.45, 2.75) is 13.3 Å². The van der Waals surface area contributed by atoms with Crippen LogP contribution < -0.4 is 9.64 Å². The molecule has 0 aliphatic carbocycles. The topological polar surface area (TPSA) is 70.4 Å². The van der Waals surface area contributed by atoms with E-state index in [1.54, 1.807) is 25.1 Å². The zero-order valence-electron chi connectivity index (χ0n) is 10.1. The van der Waals surface area contributed by atoms with Crippen LogP contribution in [-0.2, 0) is 9.59 Å². The summed E-state index contributed by atoms with van der Waals surface area (Å²) in [5.41, 5.74) is 0.506. The highest BCUT2D eigenvalue weighted by Gasteiger charge is 2.39. The Kier molecular flexibility index (Phi) is 3.02. The molecule has 1 fully saturated rings. The molecule has 1 atom stereocenters. The highest BCUT2D eigenvalue weighted by atomic mass is 16.5. The zero-order chi connectivity index (χ0) is 13.3. The third-order valence-electron chi connectivity index (χ3n) is 2.94. The lowest BCUT2D eigenvalue weighted by atomic mass is 10.1. The fraction of sp³-hybridized carbons (Fsp3) is 0.308. The molecule has 1 aliphatic rings. The number of anilines is 1. The molecule has 0 radical (unpaired) electrons. The molecular formula is C13H12N2O3. The normalized spacial score (nSPS) is 18.9. The minimum absolute atomic E-state index is 0.168. The summed E-state index contributed by atoms with van der Waals surface area (Å²) in [5.74, 6) is -0.590. The van der Waals surface area contributed by atoms with Gasteiger partial charge in [0, 0.05) is 12.3 Å². The van der Waals surface area contributed by atoms with Gasteiger partial charge in [0.05, 0.1) is 12.7 Å². The number of hydrogen-bond donors (Lipinski definition) is 0. The molecule has 0 bridgehead atoms. The second-order valence-electron chi connectivity index (χ2n) is 4.14. The second-order valence-corrected chi connectivity index (χ2v) is 4.14. The van der Waals surface area contributed by atoms with Gasteiger partial charge in [0.1, 0.15) is 17.5 Å². The molecule has 0 saturated carbocycles. The van der Waals surface area contributed by atoms with Crippen LogP contribution in [0.2, 0.25) is 0 Å². The van der Waals surface area contributed by atoms with Gasteiger partial charge in [-0.25, -0.2) is 4.90 Å². The van der Waals surface area contributed by atoms with E-state index >= 15 is 0 Å². The van der Waals surface area contributed by atoms with Crippen molar-refractivity contribution in [2.24, 2.45) is 5.92 Å². The van der Waals surface area contributed by atoms with E-state index in [0.29, 0.717) is 5.75 Å². The Labute approximate surface area is 105 Å². The van der Waals surface area contributed by atoms with E-state index in [2.05, 4.69) is 0 Å². The predicted octanol–water partition coefficient (Wildman–Crippen LogP) is 1.47. The van der Waals surface area contributed by atoms with Crippen LogP contribution in [-0.4, -0.2) is 18.9 Å². The molecule has 0 aromatic heterocycles. The molecule has 5 nitrogen and oxygen atoms in total. The van der Waals surface area contributed by atoms with Gasteiger partial charge in [-0.05, 0) is 12.1 Å². The number of benzene rings is 1. The Balaban J connectivity index is 2.61. The fourth-order valence-corrected chi connectivity index (χ4v) is 2.03. The number of ether oxygens (including phenoxy) is 1. The first-order valence-electron chi connectivity index (χ1n) is 5.54. The third kappa shape index (κ3) is 1.72. The Morgan fingerprint density at radius 2 is 2.17 bits per heavy atom. The number of carbonyl (C=O) groups excluding carboxylic acids is 2. The van der Waals surface area contributed by atoms with Gasteiger partial charge >= 0.3 is 0 Å². The van der Waals surface area contributed by atoms with Gasteiger partial charge in [0.25, 0.3) is 0 Å². The summed E-state index contributed by atoms with van der Waals surface area (Å²) in [6, 6.07) is 6.81. The van der Waals surface area contributed by atoms with Gasteiger partial charge in [-0.15, -0.1) is 0 Å². The number of methoxy groups -OCH3 is 1. The van der Waals surface area contributed by atoms with Crippen LogP contribution in [0.15, 0.2) is 18.2 Å². The van der Waals surface area contributed by atoms with Crippen molar-refractivity contribution >= 4 is 17.5 Å². The molecule has 1 saturated heterocycles.